The minimum atomic E-state index is 0.0213. The highest BCUT2D eigenvalue weighted by Crippen LogP contribution is 2.38. The third kappa shape index (κ3) is 4.59. The lowest BCUT2D eigenvalue weighted by Crippen LogP contribution is -2.09. The van der Waals surface area contributed by atoms with Crippen LogP contribution in [0.3, 0.4) is 0 Å². The van der Waals surface area contributed by atoms with Crippen molar-refractivity contribution in [2.45, 2.75) is 20.3 Å². The van der Waals surface area contributed by atoms with Crippen LogP contribution in [0.2, 0.25) is 10.0 Å². The monoisotopic (exact) mass is 403 g/mol. The highest BCUT2D eigenvalue weighted by atomic mass is 35.5. The van der Waals surface area contributed by atoms with Crippen LogP contribution < -0.4 is 11.1 Å². The second-order valence-corrected chi connectivity index (χ2v) is 7.29. The van der Waals surface area contributed by atoms with Crippen LogP contribution in [0.4, 0.5) is 17.6 Å². The number of nitrogen functional groups attached to an aromatic ring is 1. The van der Waals surface area contributed by atoms with Crippen LogP contribution in [0.25, 0.3) is 11.1 Å². The van der Waals surface area contributed by atoms with Gasteiger partial charge in [-0.15, -0.1) is 5.10 Å². The first-order valence-electron chi connectivity index (χ1n) is 8.39. The van der Waals surface area contributed by atoms with Crippen LogP contribution in [-0.2, 0) is 11.2 Å². The maximum atomic E-state index is 11.9. The zero-order valence-electron chi connectivity index (χ0n) is 14.9. The first-order chi connectivity index (χ1) is 12.8. The first-order valence-corrected chi connectivity index (χ1v) is 9.15. The van der Waals surface area contributed by atoms with E-state index >= 15 is 0 Å². The molecule has 4 N–H and O–H groups in total. The lowest BCUT2D eigenvalue weighted by molar-refractivity contribution is -0.121. The second kappa shape index (κ2) is 7.98. The molecule has 0 radical (unpaired) electrons. The van der Waals surface area contributed by atoms with Gasteiger partial charge in [-0.05, 0) is 23.3 Å². The van der Waals surface area contributed by atoms with Crippen LogP contribution in [0.1, 0.15) is 19.4 Å². The maximum Gasteiger partial charge on any atom is 0.248 e. The zero-order valence-corrected chi connectivity index (χ0v) is 16.4. The SMILES string of the molecule is CC(C)C(=O)Cc1ccc(-c2c(Cl)cc(Nc3n[nH]c(N)n3)cc2Cl)cc1. The Kier molecular flexibility index (Phi) is 5.68. The number of aromatic nitrogens is 3. The Morgan fingerprint density at radius 1 is 1.19 bits per heavy atom. The molecule has 1 heterocycles. The molecule has 0 bridgehead atoms. The number of halogens is 2. The van der Waals surface area contributed by atoms with Crippen molar-refractivity contribution in [3.8, 4) is 11.1 Å². The van der Waals surface area contributed by atoms with Gasteiger partial charge in [-0.1, -0.05) is 61.3 Å². The smallest absolute Gasteiger partial charge is 0.248 e. The van der Waals surface area contributed by atoms with Crippen molar-refractivity contribution in [3.63, 3.8) is 0 Å². The molecule has 2 aromatic carbocycles. The summed E-state index contributed by atoms with van der Waals surface area (Å²) in [6.45, 7) is 3.80. The van der Waals surface area contributed by atoms with Crippen molar-refractivity contribution in [3.05, 3.63) is 52.0 Å². The Morgan fingerprint density at radius 3 is 2.33 bits per heavy atom. The summed E-state index contributed by atoms with van der Waals surface area (Å²) in [4.78, 5) is 15.9. The molecule has 0 fully saturated rings. The Bertz CT molecular complexity index is 943. The molecule has 27 heavy (non-hydrogen) atoms. The molecule has 0 amide bonds. The number of ketones is 1. The Morgan fingerprint density at radius 2 is 1.81 bits per heavy atom. The van der Waals surface area contributed by atoms with Gasteiger partial charge in [0, 0.05) is 23.6 Å². The summed E-state index contributed by atoms with van der Waals surface area (Å²) in [6, 6.07) is 11.2. The number of nitrogens with two attached hydrogens (primary N) is 1. The predicted octanol–water partition coefficient (Wildman–Crippen LogP) is 4.87. The second-order valence-electron chi connectivity index (χ2n) is 6.48. The fourth-order valence-electron chi connectivity index (χ4n) is 2.57. The molecule has 0 spiro atoms. The summed E-state index contributed by atoms with van der Waals surface area (Å²) in [5, 5.41) is 10.4. The van der Waals surface area contributed by atoms with Gasteiger partial charge in [0.25, 0.3) is 0 Å². The van der Waals surface area contributed by atoms with E-state index in [1.165, 1.54) is 0 Å². The number of carbonyl (C=O) groups is 1. The number of nitrogens with one attached hydrogen (secondary N) is 2. The third-order valence-corrected chi connectivity index (χ3v) is 4.66. The lowest BCUT2D eigenvalue weighted by Gasteiger charge is -2.11. The standard InChI is InChI=1S/C19H19Cl2N5O/c1-10(2)16(27)7-11-3-5-12(6-4-11)17-14(20)8-13(9-15(17)21)23-19-24-18(22)25-26-19/h3-6,8-10H,7H2,1-2H3,(H4,22,23,24,25,26). The first kappa shape index (κ1) is 19.2. The van der Waals surface area contributed by atoms with E-state index in [0.29, 0.717) is 28.1 Å². The number of aromatic amines is 1. The number of hydrogen-bond acceptors (Lipinski definition) is 5. The molecule has 0 aliphatic rings. The predicted molar refractivity (Wildman–Crippen MR) is 110 cm³/mol. The summed E-state index contributed by atoms with van der Waals surface area (Å²) in [5.74, 6) is 0.767. The van der Waals surface area contributed by atoms with E-state index in [1.807, 2.05) is 38.1 Å². The molecule has 0 saturated heterocycles. The van der Waals surface area contributed by atoms with Gasteiger partial charge in [-0.3, -0.25) is 4.79 Å². The average Bonchev–Trinajstić information content (AvgIpc) is 3.00. The Labute approximate surface area is 167 Å². The van der Waals surface area contributed by atoms with Crippen molar-refractivity contribution in [1.29, 1.82) is 0 Å². The minimum Gasteiger partial charge on any atom is -0.368 e. The van der Waals surface area contributed by atoms with E-state index in [-0.39, 0.29) is 17.6 Å². The number of rotatable bonds is 6. The molecule has 3 rings (SSSR count). The summed E-state index contributed by atoms with van der Waals surface area (Å²) in [6.07, 6.45) is 0.419. The highest BCUT2D eigenvalue weighted by molar-refractivity contribution is 6.39. The third-order valence-electron chi connectivity index (χ3n) is 4.07. The molecule has 8 heteroatoms. The van der Waals surface area contributed by atoms with Gasteiger partial charge in [0.15, 0.2) is 0 Å². The van der Waals surface area contributed by atoms with Crippen LogP contribution in [0.5, 0.6) is 0 Å². The quantitative estimate of drug-likeness (QED) is 0.545. The van der Waals surface area contributed by atoms with Crippen molar-refractivity contribution in [2.75, 3.05) is 11.1 Å². The fourth-order valence-corrected chi connectivity index (χ4v) is 3.28. The van der Waals surface area contributed by atoms with Gasteiger partial charge in [0.05, 0.1) is 10.0 Å². The van der Waals surface area contributed by atoms with Crippen LogP contribution >= 0.6 is 23.2 Å². The van der Waals surface area contributed by atoms with Crippen LogP contribution in [0, 0.1) is 5.92 Å². The average molecular weight is 404 g/mol. The molecular formula is C19H19Cl2N5O. The van der Waals surface area contributed by atoms with Gasteiger partial charge in [0.1, 0.15) is 5.78 Å². The molecule has 0 saturated carbocycles. The van der Waals surface area contributed by atoms with E-state index in [0.717, 1.165) is 16.7 Å². The molecule has 6 nitrogen and oxygen atoms in total. The van der Waals surface area contributed by atoms with E-state index < -0.39 is 0 Å². The summed E-state index contributed by atoms with van der Waals surface area (Å²) in [5.41, 5.74) is 8.71. The summed E-state index contributed by atoms with van der Waals surface area (Å²) < 4.78 is 0. The van der Waals surface area contributed by atoms with Gasteiger partial charge in [0.2, 0.25) is 11.9 Å². The molecule has 3 aromatic rings. The molecule has 0 unspecified atom stereocenters. The largest absolute Gasteiger partial charge is 0.368 e. The molecule has 0 aliphatic heterocycles. The van der Waals surface area contributed by atoms with E-state index in [4.69, 9.17) is 28.9 Å². The zero-order chi connectivity index (χ0) is 19.6. The van der Waals surface area contributed by atoms with Crippen molar-refractivity contribution >= 4 is 46.6 Å². The van der Waals surface area contributed by atoms with Gasteiger partial charge in [-0.2, -0.15) is 4.98 Å². The molecule has 1 aromatic heterocycles. The summed E-state index contributed by atoms with van der Waals surface area (Å²) >= 11 is 12.9. The number of benzene rings is 2. The number of carbonyl (C=O) groups excluding carboxylic acids is 1. The minimum absolute atomic E-state index is 0.0213. The topological polar surface area (TPSA) is 96.7 Å². The van der Waals surface area contributed by atoms with Gasteiger partial charge >= 0.3 is 0 Å². The Hall–Kier alpha value is -2.57. The van der Waals surface area contributed by atoms with Crippen molar-refractivity contribution in [2.24, 2.45) is 5.92 Å². The Balaban J connectivity index is 1.83. The van der Waals surface area contributed by atoms with Crippen LogP contribution in [-0.4, -0.2) is 21.0 Å². The van der Waals surface area contributed by atoms with Gasteiger partial charge < -0.3 is 11.1 Å². The van der Waals surface area contributed by atoms with Crippen LogP contribution in [0.15, 0.2) is 36.4 Å². The molecule has 0 aliphatic carbocycles. The highest BCUT2D eigenvalue weighted by Gasteiger charge is 2.13. The maximum absolute atomic E-state index is 11.9. The van der Waals surface area contributed by atoms with E-state index in [1.54, 1.807) is 12.1 Å². The number of H-pyrrole nitrogens is 1. The lowest BCUT2D eigenvalue weighted by atomic mass is 9.98. The van der Waals surface area contributed by atoms with Gasteiger partial charge in [-0.25, -0.2) is 5.10 Å². The normalized spacial score (nSPS) is 11.0. The fraction of sp³-hybridized carbons (Fsp3) is 0.211. The molecular weight excluding hydrogens is 385 g/mol. The van der Waals surface area contributed by atoms with E-state index in [9.17, 15) is 4.79 Å². The summed E-state index contributed by atoms with van der Waals surface area (Å²) in [7, 11) is 0. The number of Topliss-reactive ketones (excluding diaryl/α,β-unsaturated/α-hetero) is 1. The number of anilines is 3. The number of hydrogen-bond donors (Lipinski definition) is 3. The van der Waals surface area contributed by atoms with Crippen molar-refractivity contribution < 1.29 is 4.79 Å². The number of nitrogens with zero attached hydrogens (tertiary/aromatic N) is 2. The molecule has 0 atom stereocenters. The molecule has 140 valence electrons. The van der Waals surface area contributed by atoms with Crippen molar-refractivity contribution in [1.82, 2.24) is 15.2 Å². The van der Waals surface area contributed by atoms with E-state index in [2.05, 4.69) is 20.5 Å².